The third-order valence-electron chi connectivity index (χ3n) is 4.06. The molecule has 22 heavy (non-hydrogen) atoms. The van der Waals surface area contributed by atoms with Crippen LogP contribution in [0.15, 0.2) is 22.7 Å². The minimum absolute atomic E-state index is 0.0676. The maximum absolute atomic E-state index is 12.7. The van der Waals surface area contributed by atoms with E-state index in [1.54, 1.807) is 0 Å². The normalized spacial score (nSPS) is 17.6. The quantitative estimate of drug-likeness (QED) is 0.885. The van der Waals surface area contributed by atoms with Crippen LogP contribution in [0.2, 0.25) is 0 Å². The van der Waals surface area contributed by atoms with Gasteiger partial charge in [-0.3, -0.25) is 4.79 Å². The summed E-state index contributed by atoms with van der Waals surface area (Å²) in [5.41, 5.74) is 6.63. The highest BCUT2D eigenvalue weighted by Gasteiger charge is 2.25. The lowest BCUT2D eigenvalue weighted by atomic mass is 9.90. The first-order valence-corrected chi connectivity index (χ1v) is 8.68. The number of rotatable bonds is 4. The number of carbonyl (C=O) groups excluding carboxylic acids is 1. The van der Waals surface area contributed by atoms with Crippen molar-refractivity contribution in [3.63, 3.8) is 0 Å². The Kier molecular flexibility index (Phi) is 5.87. The summed E-state index contributed by atoms with van der Waals surface area (Å²) in [7, 11) is 0. The van der Waals surface area contributed by atoms with Crippen molar-refractivity contribution in [2.45, 2.75) is 45.8 Å². The van der Waals surface area contributed by atoms with Crippen LogP contribution in [0.4, 0.5) is 0 Å². The zero-order valence-electron chi connectivity index (χ0n) is 13.5. The highest BCUT2D eigenvalue weighted by Crippen LogP contribution is 2.26. The number of hydrogen-bond donors (Lipinski definition) is 1. The zero-order chi connectivity index (χ0) is 16.3. The van der Waals surface area contributed by atoms with Crippen molar-refractivity contribution in [1.29, 1.82) is 0 Å². The number of piperidine rings is 1. The third-order valence-corrected chi connectivity index (χ3v) is 4.52. The SMILES string of the molecule is CC(C)Oc1cc(Br)cc(C(=O)N2CCC(C(C)N)CC2)c1. The van der Waals surface area contributed by atoms with Gasteiger partial charge in [-0.25, -0.2) is 0 Å². The summed E-state index contributed by atoms with van der Waals surface area (Å²) in [6, 6.07) is 5.77. The fourth-order valence-electron chi connectivity index (χ4n) is 2.84. The van der Waals surface area contributed by atoms with Crippen LogP contribution in [0, 0.1) is 5.92 Å². The average molecular weight is 369 g/mol. The molecule has 0 aliphatic carbocycles. The Bertz CT molecular complexity index is 523. The Labute approximate surface area is 141 Å². The lowest BCUT2D eigenvalue weighted by molar-refractivity contribution is 0.0680. The molecule has 1 aliphatic rings. The van der Waals surface area contributed by atoms with Gasteiger partial charge in [0.25, 0.3) is 5.91 Å². The summed E-state index contributed by atoms with van der Waals surface area (Å²) in [5, 5.41) is 0. The first kappa shape index (κ1) is 17.3. The summed E-state index contributed by atoms with van der Waals surface area (Å²) >= 11 is 3.46. The number of halogens is 1. The fraction of sp³-hybridized carbons (Fsp3) is 0.588. The Morgan fingerprint density at radius 3 is 2.45 bits per heavy atom. The standard InChI is InChI=1S/C17H25BrN2O2/c1-11(2)22-16-9-14(8-15(18)10-16)17(21)20-6-4-13(5-7-20)12(3)19/h8-13H,4-7,19H2,1-3H3. The molecular weight excluding hydrogens is 344 g/mol. The van der Waals surface area contributed by atoms with Gasteiger partial charge < -0.3 is 15.4 Å². The molecule has 2 rings (SSSR count). The first-order valence-electron chi connectivity index (χ1n) is 7.89. The second-order valence-electron chi connectivity index (χ2n) is 6.33. The van der Waals surface area contributed by atoms with Gasteiger partial charge in [0.2, 0.25) is 0 Å². The largest absolute Gasteiger partial charge is 0.491 e. The van der Waals surface area contributed by atoms with Crippen LogP contribution >= 0.6 is 15.9 Å². The first-order chi connectivity index (χ1) is 10.4. The van der Waals surface area contributed by atoms with Crippen LogP contribution < -0.4 is 10.5 Å². The molecule has 1 heterocycles. The Hall–Kier alpha value is -1.07. The molecule has 2 N–H and O–H groups in total. The van der Waals surface area contributed by atoms with Crippen LogP contribution in [-0.4, -0.2) is 36.0 Å². The second kappa shape index (κ2) is 7.47. The predicted molar refractivity (Wildman–Crippen MR) is 92.2 cm³/mol. The Morgan fingerprint density at radius 1 is 1.27 bits per heavy atom. The average Bonchev–Trinajstić information content (AvgIpc) is 2.45. The molecule has 1 aromatic carbocycles. The summed E-state index contributed by atoms with van der Waals surface area (Å²) in [4.78, 5) is 14.6. The van der Waals surface area contributed by atoms with E-state index in [0.717, 1.165) is 36.2 Å². The predicted octanol–water partition coefficient (Wildman–Crippen LogP) is 3.44. The number of benzene rings is 1. The number of amides is 1. The summed E-state index contributed by atoms with van der Waals surface area (Å²) in [6.45, 7) is 7.55. The fourth-order valence-corrected chi connectivity index (χ4v) is 3.31. The third kappa shape index (κ3) is 4.46. The molecule has 122 valence electrons. The van der Waals surface area contributed by atoms with E-state index < -0.39 is 0 Å². The van der Waals surface area contributed by atoms with Crippen molar-refractivity contribution in [1.82, 2.24) is 4.90 Å². The van der Waals surface area contributed by atoms with E-state index in [-0.39, 0.29) is 18.1 Å². The lowest BCUT2D eigenvalue weighted by Gasteiger charge is -2.33. The topological polar surface area (TPSA) is 55.6 Å². The van der Waals surface area contributed by atoms with Crippen molar-refractivity contribution < 1.29 is 9.53 Å². The maximum Gasteiger partial charge on any atom is 0.254 e. The highest BCUT2D eigenvalue weighted by molar-refractivity contribution is 9.10. The van der Waals surface area contributed by atoms with Crippen molar-refractivity contribution in [2.24, 2.45) is 11.7 Å². The van der Waals surface area contributed by atoms with Crippen LogP contribution in [-0.2, 0) is 0 Å². The molecule has 1 saturated heterocycles. The van der Waals surface area contributed by atoms with Crippen LogP contribution in [0.1, 0.15) is 44.0 Å². The van der Waals surface area contributed by atoms with Crippen molar-refractivity contribution >= 4 is 21.8 Å². The van der Waals surface area contributed by atoms with E-state index >= 15 is 0 Å². The van der Waals surface area contributed by atoms with Crippen LogP contribution in [0.25, 0.3) is 0 Å². The molecule has 5 heteroatoms. The van der Waals surface area contributed by atoms with E-state index in [2.05, 4.69) is 15.9 Å². The molecule has 0 bridgehead atoms. The van der Waals surface area contributed by atoms with Gasteiger partial charge in [-0.15, -0.1) is 0 Å². The number of nitrogens with zero attached hydrogens (tertiary/aromatic N) is 1. The van der Waals surface area contributed by atoms with E-state index in [1.165, 1.54) is 0 Å². The van der Waals surface area contributed by atoms with E-state index in [0.29, 0.717) is 11.5 Å². The van der Waals surface area contributed by atoms with Crippen LogP contribution in [0.5, 0.6) is 5.75 Å². The number of carbonyl (C=O) groups is 1. The van der Waals surface area contributed by atoms with Gasteiger partial charge in [0, 0.05) is 29.2 Å². The van der Waals surface area contributed by atoms with Gasteiger partial charge in [-0.05, 0) is 57.7 Å². The van der Waals surface area contributed by atoms with E-state index in [9.17, 15) is 4.79 Å². The minimum Gasteiger partial charge on any atom is -0.491 e. The van der Waals surface area contributed by atoms with Gasteiger partial charge in [0.15, 0.2) is 0 Å². The van der Waals surface area contributed by atoms with E-state index in [1.807, 2.05) is 43.9 Å². The lowest BCUT2D eigenvalue weighted by Crippen LogP contribution is -2.42. The maximum atomic E-state index is 12.7. The van der Waals surface area contributed by atoms with Crippen molar-refractivity contribution in [3.8, 4) is 5.75 Å². The molecule has 1 unspecified atom stereocenters. The smallest absolute Gasteiger partial charge is 0.254 e. The highest BCUT2D eigenvalue weighted by atomic mass is 79.9. The van der Waals surface area contributed by atoms with Crippen molar-refractivity contribution in [2.75, 3.05) is 13.1 Å². The summed E-state index contributed by atoms with van der Waals surface area (Å²) < 4.78 is 6.57. The number of nitrogens with two attached hydrogens (primary N) is 1. The zero-order valence-corrected chi connectivity index (χ0v) is 15.1. The number of ether oxygens (including phenoxy) is 1. The molecule has 1 fully saturated rings. The van der Waals surface area contributed by atoms with Gasteiger partial charge in [0.1, 0.15) is 5.75 Å². The molecule has 1 aliphatic heterocycles. The number of hydrogen-bond acceptors (Lipinski definition) is 3. The van der Waals surface area contributed by atoms with Gasteiger partial charge >= 0.3 is 0 Å². The molecule has 1 amide bonds. The number of likely N-dealkylation sites (tertiary alicyclic amines) is 1. The molecule has 1 atom stereocenters. The minimum atomic E-state index is 0.0676. The molecular formula is C17H25BrN2O2. The Balaban J connectivity index is 2.08. The molecule has 0 aromatic heterocycles. The molecule has 0 saturated carbocycles. The second-order valence-corrected chi connectivity index (χ2v) is 7.25. The van der Waals surface area contributed by atoms with Gasteiger partial charge in [-0.1, -0.05) is 15.9 Å². The molecule has 0 radical (unpaired) electrons. The Morgan fingerprint density at radius 2 is 1.91 bits per heavy atom. The summed E-state index contributed by atoms with van der Waals surface area (Å²) in [5.74, 6) is 1.31. The van der Waals surface area contributed by atoms with Crippen molar-refractivity contribution in [3.05, 3.63) is 28.2 Å². The summed E-state index contributed by atoms with van der Waals surface area (Å²) in [6.07, 6.45) is 2.04. The van der Waals surface area contributed by atoms with Gasteiger partial charge in [0.05, 0.1) is 6.10 Å². The van der Waals surface area contributed by atoms with E-state index in [4.69, 9.17) is 10.5 Å². The molecule has 0 spiro atoms. The molecule has 1 aromatic rings. The monoisotopic (exact) mass is 368 g/mol. The van der Waals surface area contributed by atoms with Gasteiger partial charge in [-0.2, -0.15) is 0 Å². The van der Waals surface area contributed by atoms with Crippen LogP contribution in [0.3, 0.4) is 0 Å². The molecule has 4 nitrogen and oxygen atoms in total.